The topological polar surface area (TPSA) is 111 Å². The summed E-state index contributed by atoms with van der Waals surface area (Å²) in [5.41, 5.74) is 4.39. The minimum absolute atomic E-state index is 0.0982. The van der Waals surface area contributed by atoms with Gasteiger partial charge in [0.05, 0.1) is 10.3 Å². The van der Waals surface area contributed by atoms with Gasteiger partial charge in [-0.15, -0.1) is 0 Å². The van der Waals surface area contributed by atoms with Gasteiger partial charge in [0, 0.05) is 17.7 Å². The zero-order valence-corrected chi connectivity index (χ0v) is 19.0. The van der Waals surface area contributed by atoms with Crippen molar-refractivity contribution in [3.8, 4) is 22.5 Å². The molecule has 0 saturated heterocycles. The number of aromatic nitrogens is 2. The number of rotatable bonds is 7. The first-order valence-electron chi connectivity index (χ1n) is 10.7. The average Bonchev–Trinajstić information content (AvgIpc) is 3.25. The summed E-state index contributed by atoms with van der Waals surface area (Å²) in [5.74, 6) is 1.42. The van der Waals surface area contributed by atoms with Crippen molar-refractivity contribution in [2.45, 2.75) is 11.3 Å². The SMILES string of the molecule is NS(=O)(=O)c1ccc(CCNc2ncnc3oc(-c4ccccc4)c(-c4ccccc4)c23)cc1. The van der Waals surface area contributed by atoms with Crippen molar-refractivity contribution in [2.75, 3.05) is 11.9 Å². The zero-order valence-electron chi connectivity index (χ0n) is 18.2. The second kappa shape index (κ2) is 9.09. The maximum atomic E-state index is 11.5. The van der Waals surface area contributed by atoms with Crippen LogP contribution in [0, 0.1) is 0 Å². The fraction of sp³-hybridized carbons (Fsp3) is 0.0769. The number of benzene rings is 3. The first-order chi connectivity index (χ1) is 16.5. The normalized spacial score (nSPS) is 11.6. The van der Waals surface area contributed by atoms with E-state index in [1.807, 2.05) is 60.7 Å². The highest BCUT2D eigenvalue weighted by Crippen LogP contribution is 2.42. The molecular weight excluding hydrogens is 448 g/mol. The molecule has 2 heterocycles. The monoisotopic (exact) mass is 470 g/mol. The van der Waals surface area contributed by atoms with Gasteiger partial charge < -0.3 is 9.73 Å². The number of primary sulfonamides is 1. The molecule has 3 aromatic carbocycles. The van der Waals surface area contributed by atoms with Gasteiger partial charge in [0.15, 0.2) is 0 Å². The van der Waals surface area contributed by atoms with Crippen molar-refractivity contribution < 1.29 is 12.8 Å². The Morgan fingerprint density at radius 3 is 2.12 bits per heavy atom. The van der Waals surface area contributed by atoms with E-state index in [0.29, 0.717) is 24.5 Å². The summed E-state index contributed by atoms with van der Waals surface area (Å²) in [5, 5.41) is 9.40. The van der Waals surface area contributed by atoms with Crippen molar-refractivity contribution in [1.82, 2.24) is 9.97 Å². The smallest absolute Gasteiger partial charge is 0.238 e. The molecule has 5 rings (SSSR count). The Morgan fingerprint density at radius 2 is 1.47 bits per heavy atom. The largest absolute Gasteiger partial charge is 0.437 e. The third kappa shape index (κ3) is 4.41. The molecule has 0 aliphatic carbocycles. The fourth-order valence-electron chi connectivity index (χ4n) is 3.91. The standard InChI is InChI=1S/C26H22N4O3S/c27-34(31,32)21-13-11-18(12-14-21)15-16-28-25-23-22(19-7-3-1-4-8-19)24(20-9-5-2-6-10-20)33-26(23)30-17-29-25/h1-14,17H,15-16H2,(H2,27,31,32)(H,28,29,30). The lowest BCUT2D eigenvalue weighted by Crippen LogP contribution is -2.12. The number of anilines is 1. The van der Waals surface area contributed by atoms with Gasteiger partial charge >= 0.3 is 0 Å². The molecule has 0 aliphatic heterocycles. The molecule has 170 valence electrons. The van der Waals surface area contributed by atoms with Crippen molar-refractivity contribution >= 4 is 26.9 Å². The first-order valence-corrected chi connectivity index (χ1v) is 12.3. The third-order valence-electron chi connectivity index (χ3n) is 5.54. The molecular formula is C26H22N4O3S. The van der Waals surface area contributed by atoms with Crippen LogP contribution in [-0.2, 0) is 16.4 Å². The number of nitrogens with two attached hydrogens (primary N) is 1. The Bertz CT molecular complexity index is 1530. The Hall–Kier alpha value is -4.01. The number of nitrogens with one attached hydrogen (secondary N) is 1. The number of sulfonamides is 1. The highest BCUT2D eigenvalue weighted by molar-refractivity contribution is 7.89. The molecule has 0 unspecified atom stereocenters. The van der Waals surface area contributed by atoms with Crippen LogP contribution in [-0.4, -0.2) is 24.9 Å². The molecule has 2 aromatic heterocycles. The van der Waals surface area contributed by atoms with E-state index >= 15 is 0 Å². The van der Waals surface area contributed by atoms with Gasteiger partial charge in [0.2, 0.25) is 15.7 Å². The van der Waals surface area contributed by atoms with E-state index in [1.165, 1.54) is 18.5 Å². The predicted molar refractivity (Wildman–Crippen MR) is 133 cm³/mol. The third-order valence-corrected chi connectivity index (χ3v) is 6.47. The molecule has 0 fully saturated rings. The van der Waals surface area contributed by atoms with E-state index < -0.39 is 10.0 Å². The molecule has 0 bridgehead atoms. The number of fused-ring (bicyclic) bond motifs is 1. The van der Waals surface area contributed by atoms with Crippen LogP contribution in [0.25, 0.3) is 33.6 Å². The van der Waals surface area contributed by atoms with Crippen LogP contribution in [0.3, 0.4) is 0 Å². The molecule has 0 amide bonds. The summed E-state index contributed by atoms with van der Waals surface area (Å²) in [6.45, 7) is 0.584. The number of furan rings is 1. The molecule has 5 aromatic rings. The molecule has 34 heavy (non-hydrogen) atoms. The van der Waals surface area contributed by atoms with E-state index in [4.69, 9.17) is 9.56 Å². The zero-order chi connectivity index (χ0) is 23.5. The molecule has 0 atom stereocenters. The van der Waals surface area contributed by atoms with E-state index in [-0.39, 0.29) is 4.90 Å². The van der Waals surface area contributed by atoms with Gasteiger partial charge in [0.25, 0.3) is 0 Å². The first kappa shape index (κ1) is 21.8. The minimum Gasteiger partial charge on any atom is -0.437 e. The van der Waals surface area contributed by atoms with Gasteiger partial charge in [-0.3, -0.25) is 0 Å². The minimum atomic E-state index is -3.70. The summed E-state index contributed by atoms with van der Waals surface area (Å²) in [7, 11) is -3.70. The van der Waals surface area contributed by atoms with Crippen molar-refractivity contribution in [2.24, 2.45) is 5.14 Å². The molecule has 0 saturated carbocycles. The molecule has 0 spiro atoms. The van der Waals surface area contributed by atoms with Crippen molar-refractivity contribution in [3.05, 3.63) is 96.8 Å². The van der Waals surface area contributed by atoms with Crippen LogP contribution in [0.15, 0.2) is 101 Å². The van der Waals surface area contributed by atoms with E-state index in [2.05, 4.69) is 15.3 Å². The van der Waals surface area contributed by atoms with E-state index in [0.717, 1.165) is 33.4 Å². The lowest BCUT2D eigenvalue weighted by molar-refractivity contribution is 0.597. The lowest BCUT2D eigenvalue weighted by atomic mass is 9.99. The van der Waals surface area contributed by atoms with Crippen LogP contribution >= 0.6 is 0 Å². The van der Waals surface area contributed by atoms with Gasteiger partial charge in [-0.2, -0.15) is 0 Å². The molecule has 0 radical (unpaired) electrons. The van der Waals surface area contributed by atoms with Crippen LogP contribution in [0.1, 0.15) is 5.56 Å². The van der Waals surface area contributed by atoms with Gasteiger partial charge in [-0.25, -0.2) is 23.5 Å². The van der Waals surface area contributed by atoms with Crippen LogP contribution in [0.2, 0.25) is 0 Å². The van der Waals surface area contributed by atoms with Crippen molar-refractivity contribution in [1.29, 1.82) is 0 Å². The van der Waals surface area contributed by atoms with Gasteiger partial charge in [0.1, 0.15) is 17.9 Å². The Balaban J connectivity index is 1.49. The Labute approximate surface area is 197 Å². The van der Waals surface area contributed by atoms with Gasteiger partial charge in [-0.1, -0.05) is 72.8 Å². The molecule has 7 nitrogen and oxygen atoms in total. The Kier molecular flexibility index (Phi) is 5.83. The maximum Gasteiger partial charge on any atom is 0.238 e. The predicted octanol–water partition coefficient (Wildman–Crippen LogP) is 4.86. The highest BCUT2D eigenvalue weighted by Gasteiger charge is 2.21. The second-order valence-corrected chi connectivity index (χ2v) is 9.37. The summed E-state index contributed by atoms with van der Waals surface area (Å²) >= 11 is 0. The number of nitrogens with zero attached hydrogens (tertiary/aromatic N) is 2. The number of hydrogen-bond acceptors (Lipinski definition) is 6. The quantitative estimate of drug-likeness (QED) is 0.351. The van der Waals surface area contributed by atoms with E-state index in [9.17, 15) is 8.42 Å². The molecule has 0 aliphatic rings. The van der Waals surface area contributed by atoms with E-state index in [1.54, 1.807) is 12.1 Å². The van der Waals surface area contributed by atoms with Crippen LogP contribution in [0.5, 0.6) is 0 Å². The maximum absolute atomic E-state index is 11.5. The molecule has 3 N–H and O–H groups in total. The van der Waals surface area contributed by atoms with Crippen LogP contribution < -0.4 is 10.5 Å². The highest BCUT2D eigenvalue weighted by atomic mass is 32.2. The summed E-state index contributed by atoms with van der Waals surface area (Å²) in [6.07, 6.45) is 2.15. The summed E-state index contributed by atoms with van der Waals surface area (Å²) in [6, 6.07) is 26.5. The fourth-order valence-corrected chi connectivity index (χ4v) is 4.43. The van der Waals surface area contributed by atoms with Crippen molar-refractivity contribution in [3.63, 3.8) is 0 Å². The average molecular weight is 471 g/mol. The molecule has 8 heteroatoms. The summed E-state index contributed by atoms with van der Waals surface area (Å²) in [4.78, 5) is 8.98. The van der Waals surface area contributed by atoms with Gasteiger partial charge in [-0.05, 0) is 29.7 Å². The summed E-state index contributed by atoms with van der Waals surface area (Å²) < 4.78 is 29.2. The Morgan fingerprint density at radius 1 is 0.824 bits per heavy atom. The number of hydrogen-bond donors (Lipinski definition) is 2. The lowest BCUT2D eigenvalue weighted by Gasteiger charge is -2.09. The second-order valence-electron chi connectivity index (χ2n) is 7.81. The van der Waals surface area contributed by atoms with Crippen LogP contribution in [0.4, 0.5) is 5.82 Å².